The zero-order chi connectivity index (χ0) is 19.4. The van der Waals surface area contributed by atoms with Gasteiger partial charge in [-0.1, -0.05) is 24.3 Å². The van der Waals surface area contributed by atoms with Crippen molar-refractivity contribution in [3.05, 3.63) is 81.6 Å². The number of rotatable bonds is 6. The van der Waals surface area contributed by atoms with Gasteiger partial charge in [0.1, 0.15) is 18.1 Å². The van der Waals surface area contributed by atoms with Crippen molar-refractivity contribution in [2.75, 3.05) is 5.32 Å². The number of nitro groups is 1. The fraction of sp³-hybridized carbons (Fsp3) is 0.150. The topological polar surface area (TPSA) is 106 Å². The monoisotopic (exact) mass is 366 g/mol. The summed E-state index contributed by atoms with van der Waals surface area (Å²) in [5, 5.41) is 22.7. The lowest BCUT2D eigenvalue weighted by atomic mass is 10.1. The molecule has 0 aliphatic heterocycles. The largest absolute Gasteiger partial charge is 0.459 e. The highest BCUT2D eigenvalue weighted by Crippen LogP contribution is 2.27. The summed E-state index contributed by atoms with van der Waals surface area (Å²) in [6.45, 7) is 1.71. The summed E-state index contributed by atoms with van der Waals surface area (Å²) in [4.78, 5) is 22.6. The number of anilines is 1. The maximum absolute atomic E-state index is 12.3. The first-order chi connectivity index (χ1) is 13.0. The van der Waals surface area contributed by atoms with Crippen LogP contribution in [0.5, 0.6) is 0 Å². The molecule has 0 atom stereocenters. The maximum atomic E-state index is 12.3. The summed E-state index contributed by atoms with van der Waals surface area (Å²) in [6.07, 6.45) is 0.108. The minimum Gasteiger partial charge on any atom is -0.459 e. The molecule has 0 radical (unpaired) electrons. The van der Waals surface area contributed by atoms with Crippen LogP contribution in [-0.4, -0.2) is 15.9 Å². The second kappa shape index (κ2) is 7.84. The van der Waals surface area contributed by atoms with Gasteiger partial charge in [-0.2, -0.15) is 0 Å². The van der Waals surface area contributed by atoms with E-state index in [2.05, 4.69) is 5.32 Å². The van der Waals surface area contributed by atoms with Crippen LogP contribution in [0, 0.1) is 17.0 Å². The van der Waals surface area contributed by atoms with E-state index >= 15 is 0 Å². The number of nitrogens with one attached hydrogen (secondary N) is 1. The Hall–Kier alpha value is -3.45. The molecule has 3 aromatic rings. The van der Waals surface area contributed by atoms with Gasteiger partial charge in [-0.3, -0.25) is 14.9 Å². The van der Waals surface area contributed by atoms with Gasteiger partial charge in [-0.05, 0) is 36.2 Å². The lowest BCUT2D eigenvalue weighted by Gasteiger charge is -2.10. The van der Waals surface area contributed by atoms with E-state index in [1.165, 1.54) is 12.1 Å². The van der Waals surface area contributed by atoms with Crippen LogP contribution in [-0.2, 0) is 17.8 Å². The van der Waals surface area contributed by atoms with Crippen molar-refractivity contribution in [3.63, 3.8) is 0 Å². The van der Waals surface area contributed by atoms with Crippen LogP contribution in [0.1, 0.15) is 16.9 Å². The number of nitrogens with zero attached hydrogens (tertiary/aromatic N) is 1. The number of aliphatic hydroxyl groups is 1. The average Bonchev–Trinajstić information content (AvgIpc) is 3.13. The first kappa shape index (κ1) is 18.3. The van der Waals surface area contributed by atoms with E-state index in [4.69, 9.17) is 9.52 Å². The van der Waals surface area contributed by atoms with Gasteiger partial charge in [-0.15, -0.1) is 0 Å². The third-order valence-electron chi connectivity index (χ3n) is 4.13. The molecule has 27 heavy (non-hydrogen) atoms. The van der Waals surface area contributed by atoms with Crippen molar-refractivity contribution in [1.82, 2.24) is 0 Å². The Morgan fingerprint density at radius 1 is 1.15 bits per heavy atom. The van der Waals surface area contributed by atoms with Crippen molar-refractivity contribution in [1.29, 1.82) is 0 Å². The number of furan rings is 1. The first-order valence-corrected chi connectivity index (χ1v) is 8.30. The van der Waals surface area contributed by atoms with Crippen molar-refractivity contribution >= 4 is 17.3 Å². The van der Waals surface area contributed by atoms with E-state index in [9.17, 15) is 14.9 Å². The molecule has 0 aliphatic carbocycles. The van der Waals surface area contributed by atoms with E-state index in [0.29, 0.717) is 22.8 Å². The van der Waals surface area contributed by atoms with Gasteiger partial charge >= 0.3 is 0 Å². The number of hydrogen-bond donors (Lipinski definition) is 2. The molecule has 0 spiro atoms. The van der Waals surface area contributed by atoms with Crippen LogP contribution in [0.15, 0.2) is 59.0 Å². The Labute approximate surface area is 155 Å². The quantitative estimate of drug-likeness (QED) is 0.509. The van der Waals surface area contributed by atoms with Gasteiger partial charge in [0.2, 0.25) is 5.91 Å². The number of aryl methyl sites for hydroxylation is 1. The van der Waals surface area contributed by atoms with Gasteiger partial charge in [0, 0.05) is 23.4 Å². The summed E-state index contributed by atoms with van der Waals surface area (Å²) in [6, 6.07) is 14.9. The first-order valence-electron chi connectivity index (χ1n) is 8.30. The minimum atomic E-state index is -0.477. The molecule has 0 fully saturated rings. The number of carbonyl (C=O) groups excluding carboxylic acids is 1. The standard InChI is InChI=1S/C20H18N2O5/c1-13-2-5-15(19-9-8-17(12-23)27-19)11-18(13)21-20(24)10-14-3-6-16(7-4-14)22(25)26/h2-9,11,23H,10,12H2,1H3,(H,21,24). The molecule has 0 unspecified atom stereocenters. The van der Waals surface area contributed by atoms with E-state index in [1.807, 2.05) is 25.1 Å². The van der Waals surface area contributed by atoms with Crippen LogP contribution >= 0.6 is 0 Å². The van der Waals surface area contributed by atoms with E-state index < -0.39 is 4.92 Å². The number of aliphatic hydroxyl groups excluding tert-OH is 1. The predicted molar refractivity (Wildman–Crippen MR) is 100 cm³/mol. The lowest BCUT2D eigenvalue weighted by molar-refractivity contribution is -0.384. The van der Waals surface area contributed by atoms with Gasteiger partial charge in [0.15, 0.2) is 0 Å². The van der Waals surface area contributed by atoms with Crippen LogP contribution in [0.25, 0.3) is 11.3 Å². The molecule has 0 bridgehead atoms. The fourth-order valence-electron chi connectivity index (χ4n) is 2.64. The molecular formula is C20H18N2O5. The number of nitro benzene ring substituents is 1. The lowest BCUT2D eigenvalue weighted by Crippen LogP contribution is -2.15. The van der Waals surface area contributed by atoms with Crippen molar-refractivity contribution in [3.8, 4) is 11.3 Å². The fourth-order valence-corrected chi connectivity index (χ4v) is 2.64. The van der Waals surface area contributed by atoms with Gasteiger partial charge < -0.3 is 14.8 Å². The van der Waals surface area contributed by atoms with Crippen molar-refractivity contribution in [2.45, 2.75) is 20.0 Å². The molecule has 1 amide bonds. The third-order valence-corrected chi connectivity index (χ3v) is 4.13. The third kappa shape index (κ3) is 4.39. The highest BCUT2D eigenvalue weighted by atomic mass is 16.6. The highest BCUT2D eigenvalue weighted by Gasteiger charge is 2.11. The molecule has 2 aromatic carbocycles. The van der Waals surface area contributed by atoms with Crippen LogP contribution < -0.4 is 5.32 Å². The molecule has 7 nitrogen and oxygen atoms in total. The molecule has 138 valence electrons. The van der Waals surface area contributed by atoms with Crippen LogP contribution in [0.4, 0.5) is 11.4 Å². The predicted octanol–water partition coefficient (Wildman–Crippen LogP) is 3.84. The molecular weight excluding hydrogens is 348 g/mol. The van der Waals surface area contributed by atoms with Gasteiger partial charge in [0.25, 0.3) is 5.69 Å². The molecule has 1 aromatic heterocycles. The molecule has 0 saturated carbocycles. The Balaban J connectivity index is 1.73. The molecule has 3 rings (SSSR count). The summed E-state index contributed by atoms with van der Waals surface area (Å²) in [5.41, 5.74) is 3.01. The van der Waals surface area contributed by atoms with E-state index in [1.54, 1.807) is 24.3 Å². The molecule has 0 saturated heterocycles. The summed E-state index contributed by atoms with van der Waals surface area (Å²) < 4.78 is 5.53. The number of hydrogen-bond acceptors (Lipinski definition) is 5. The zero-order valence-electron chi connectivity index (χ0n) is 14.6. The Morgan fingerprint density at radius 3 is 2.52 bits per heavy atom. The molecule has 1 heterocycles. The summed E-state index contributed by atoms with van der Waals surface area (Å²) >= 11 is 0. The van der Waals surface area contributed by atoms with Crippen LogP contribution in [0.2, 0.25) is 0 Å². The maximum Gasteiger partial charge on any atom is 0.269 e. The zero-order valence-corrected chi connectivity index (χ0v) is 14.6. The molecule has 0 aliphatic rings. The van der Waals surface area contributed by atoms with Crippen molar-refractivity contribution < 1.29 is 19.2 Å². The smallest absolute Gasteiger partial charge is 0.269 e. The summed E-state index contributed by atoms with van der Waals surface area (Å²) in [7, 11) is 0. The second-order valence-corrected chi connectivity index (χ2v) is 6.10. The summed E-state index contributed by atoms with van der Waals surface area (Å²) in [5.74, 6) is 0.846. The number of non-ortho nitro benzene ring substituents is 1. The van der Waals surface area contributed by atoms with Crippen molar-refractivity contribution in [2.24, 2.45) is 0 Å². The number of benzene rings is 2. The van der Waals surface area contributed by atoms with E-state index in [-0.39, 0.29) is 24.6 Å². The Bertz CT molecular complexity index is 976. The Morgan fingerprint density at radius 2 is 1.89 bits per heavy atom. The SMILES string of the molecule is Cc1ccc(-c2ccc(CO)o2)cc1NC(=O)Cc1ccc([N+](=O)[O-])cc1. The van der Waals surface area contributed by atoms with E-state index in [0.717, 1.165) is 11.1 Å². The Kier molecular flexibility index (Phi) is 5.33. The second-order valence-electron chi connectivity index (χ2n) is 6.10. The normalized spacial score (nSPS) is 10.6. The van der Waals surface area contributed by atoms with Gasteiger partial charge in [-0.25, -0.2) is 0 Å². The number of carbonyl (C=O) groups is 1. The minimum absolute atomic E-state index is 0.0107. The van der Waals surface area contributed by atoms with Crippen LogP contribution in [0.3, 0.4) is 0 Å². The highest BCUT2D eigenvalue weighted by molar-refractivity contribution is 5.93. The average molecular weight is 366 g/mol. The molecule has 7 heteroatoms. The number of amides is 1. The molecule has 2 N–H and O–H groups in total. The van der Waals surface area contributed by atoms with Gasteiger partial charge in [0.05, 0.1) is 11.3 Å².